The zero-order valence-corrected chi connectivity index (χ0v) is 16.0. The predicted molar refractivity (Wildman–Crippen MR) is 100 cm³/mol. The van der Waals surface area contributed by atoms with E-state index in [2.05, 4.69) is 20.4 Å². The lowest BCUT2D eigenvalue weighted by Crippen LogP contribution is -2.04. The summed E-state index contributed by atoms with van der Waals surface area (Å²) in [7, 11) is 0. The molecule has 0 aliphatic rings. The second-order valence-electron chi connectivity index (χ2n) is 5.81. The fourth-order valence-corrected chi connectivity index (χ4v) is 3.37. The Labute approximate surface area is 167 Å². The van der Waals surface area contributed by atoms with Gasteiger partial charge < -0.3 is 5.11 Å². The summed E-state index contributed by atoms with van der Waals surface area (Å²) in [4.78, 5) is 10.6. The fraction of sp³-hybridized carbons (Fsp3) is 0.250. The maximum Gasteiger partial charge on any atom is 0.312 e. The van der Waals surface area contributed by atoms with E-state index in [9.17, 15) is 24.0 Å². The van der Waals surface area contributed by atoms with Crippen LogP contribution in [0.25, 0.3) is 0 Å². The smallest absolute Gasteiger partial charge is 0.312 e. The van der Waals surface area contributed by atoms with Gasteiger partial charge in [0.15, 0.2) is 0 Å². The summed E-state index contributed by atoms with van der Waals surface area (Å²) in [5.74, 6) is -0.654. The molecule has 0 aliphatic heterocycles. The molecule has 0 unspecified atom stereocenters. The maximum absolute atomic E-state index is 13.3. The van der Waals surface area contributed by atoms with Crippen molar-refractivity contribution in [3.63, 3.8) is 0 Å². The SMILES string of the molecule is Cc1nn(CSc2nnc(C(F)F)n2/N=C\c2ccccc2O)c(C)c1[N+](=O)[O-]. The highest BCUT2D eigenvalue weighted by Crippen LogP contribution is 2.27. The van der Waals surface area contributed by atoms with E-state index in [0.717, 1.165) is 16.4 Å². The summed E-state index contributed by atoms with van der Waals surface area (Å²) in [6.07, 6.45) is -1.71. The van der Waals surface area contributed by atoms with Crippen molar-refractivity contribution in [3.8, 4) is 5.75 Å². The zero-order chi connectivity index (χ0) is 21.1. The molecule has 0 spiro atoms. The third kappa shape index (κ3) is 4.23. The van der Waals surface area contributed by atoms with Crippen LogP contribution in [0, 0.1) is 24.0 Å². The molecule has 3 rings (SSSR count). The number of halogens is 2. The molecule has 1 N–H and O–H groups in total. The van der Waals surface area contributed by atoms with E-state index in [-0.39, 0.29) is 28.2 Å². The highest BCUT2D eigenvalue weighted by Gasteiger charge is 2.24. The Balaban J connectivity index is 1.88. The predicted octanol–water partition coefficient (Wildman–Crippen LogP) is 3.27. The minimum Gasteiger partial charge on any atom is -0.507 e. The number of nitrogens with zero attached hydrogens (tertiary/aromatic N) is 7. The van der Waals surface area contributed by atoms with Gasteiger partial charge in [-0.2, -0.15) is 14.9 Å². The summed E-state index contributed by atoms with van der Waals surface area (Å²) in [5.41, 5.74) is 0.808. The van der Waals surface area contributed by atoms with E-state index in [1.54, 1.807) is 25.1 Å². The lowest BCUT2D eigenvalue weighted by atomic mass is 10.2. The number of para-hydroxylation sites is 1. The topological polar surface area (TPSA) is 124 Å². The lowest BCUT2D eigenvalue weighted by Gasteiger charge is -2.05. The lowest BCUT2D eigenvalue weighted by molar-refractivity contribution is -0.386. The molecule has 1 aromatic carbocycles. The van der Waals surface area contributed by atoms with Gasteiger partial charge in [-0.05, 0) is 26.0 Å². The molecule has 0 radical (unpaired) electrons. The second-order valence-corrected chi connectivity index (χ2v) is 6.72. The van der Waals surface area contributed by atoms with Gasteiger partial charge in [-0.25, -0.2) is 8.78 Å². The largest absolute Gasteiger partial charge is 0.507 e. The molecule has 2 heterocycles. The van der Waals surface area contributed by atoms with Crippen LogP contribution in [0.3, 0.4) is 0 Å². The molecular formula is C16H15F2N7O3S. The number of rotatable bonds is 7. The number of hydrogen-bond donors (Lipinski definition) is 1. The van der Waals surface area contributed by atoms with Crippen molar-refractivity contribution in [3.05, 3.63) is 57.2 Å². The van der Waals surface area contributed by atoms with E-state index in [1.165, 1.54) is 23.9 Å². The molecule has 2 aromatic heterocycles. The number of phenolic OH excluding ortho intramolecular Hbond substituents is 1. The van der Waals surface area contributed by atoms with Crippen LogP contribution in [-0.2, 0) is 5.88 Å². The first-order valence-corrected chi connectivity index (χ1v) is 9.15. The Morgan fingerprint density at radius 3 is 2.69 bits per heavy atom. The number of thioether (sulfide) groups is 1. The van der Waals surface area contributed by atoms with E-state index in [4.69, 9.17) is 0 Å². The average molecular weight is 423 g/mol. The standard InChI is InChI=1S/C16H15F2N7O3S/c1-9-13(25(27)28)10(2)23(22-9)8-29-16-21-20-15(14(17)18)24(16)19-7-11-5-3-4-6-12(11)26/h3-7,14,26H,8H2,1-2H3/b19-7-. The minimum absolute atomic E-state index is 0.0437. The van der Waals surface area contributed by atoms with Crippen LogP contribution in [-0.4, -0.2) is 40.9 Å². The Morgan fingerprint density at radius 1 is 1.34 bits per heavy atom. The van der Waals surface area contributed by atoms with Crippen molar-refractivity contribution in [1.82, 2.24) is 24.7 Å². The molecule has 0 amide bonds. The van der Waals surface area contributed by atoms with Gasteiger partial charge in [-0.3, -0.25) is 14.8 Å². The van der Waals surface area contributed by atoms with Gasteiger partial charge >= 0.3 is 5.69 Å². The summed E-state index contributed by atoms with van der Waals surface area (Å²) in [5, 5.41) is 36.2. The van der Waals surface area contributed by atoms with Gasteiger partial charge in [0.05, 0.1) is 17.0 Å². The van der Waals surface area contributed by atoms with Crippen molar-refractivity contribution in [2.45, 2.75) is 31.3 Å². The first kappa shape index (κ1) is 20.4. The molecule has 0 saturated carbocycles. The Morgan fingerprint density at radius 2 is 2.07 bits per heavy atom. The molecule has 13 heteroatoms. The van der Waals surface area contributed by atoms with Crippen molar-refractivity contribution < 1.29 is 18.8 Å². The third-order valence-corrected chi connectivity index (χ3v) is 4.81. The average Bonchev–Trinajstić information content (AvgIpc) is 3.19. The second kappa shape index (κ2) is 8.34. The number of alkyl halides is 2. The van der Waals surface area contributed by atoms with E-state index >= 15 is 0 Å². The van der Waals surface area contributed by atoms with Crippen LogP contribution in [0.2, 0.25) is 0 Å². The van der Waals surface area contributed by atoms with Gasteiger partial charge in [0.2, 0.25) is 11.0 Å². The van der Waals surface area contributed by atoms with Gasteiger partial charge in [-0.1, -0.05) is 23.9 Å². The van der Waals surface area contributed by atoms with Crippen molar-refractivity contribution in [1.29, 1.82) is 0 Å². The van der Waals surface area contributed by atoms with Crippen LogP contribution in [0.1, 0.15) is 29.2 Å². The molecule has 0 atom stereocenters. The highest BCUT2D eigenvalue weighted by molar-refractivity contribution is 7.98. The number of phenols is 1. The normalized spacial score (nSPS) is 11.6. The molecule has 29 heavy (non-hydrogen) atoms. The Hall–Kier alpha value is -3.35. The Kier molecular flexibility index (Phi) is 5.87. The summed E-state index contributed by atoms with van der Waals surface area (Å²) in [6, 6.07) is 6.28. The van der Waals surface area contributed by atoms with Crippen LogP contribution < -0.4 is 0 Å². The van der Waals surface area contributed by atoms with Crippen LogP contribution in [0.15, 0.2) is 34.5 Å². The van der Waals surface area contributed by atoms with Crippen LogP contribution >= 0.6 is 11.8 Å². The van der Waals surface area contributed by atoms with E-state index < -0.39 is 17.2 Å². The molecule has 0 bridgehead atoms. The first-order valence-electron chi connectivity index (χ1n) is 8.16. The molecule has 0 saturated heterocycles. The quantitative estimate of drug-likeness (QED) is 0.268. The number of hydrogen-bond acceptors (Lipinski definition) is 8. The summed E-state index contributed by atoms with van der Waals surface area (Å²) < 4.78 is 28.8. The number of benzene rings is 1. The van der Waals surface area contributed by atoms with Gasteiger partial charge in [-0.15, -0.1) is 10.2 Å². The highest BCUT2D eigenvalue weighted by atomic mass is 32.2. The molecule has 152 valence electrons. The zero-order valence-electron chi connectivity index (χ0n) is 15.2. The van der Waals surface area contributed by atoms with Gasteiger partial charge in [0, 0.05) is 5.56 Å². The van der Waals surface area contributed by atoms with Crippen molar-refractivity contribution in [2.75, 3.05) is 0 Å². The Bertz CT molecular complexity index is 1080. The number of aryl methyl sites for hydroxylation is 1. The summed E-state index contributed by atoms with van der Waals surface area (Å²) >= 11 is 0.983. The van der Waals surface area contributed by atoms with Crippen LogP contribution in [0.5, 0.6) is 5.75 Å². The molecule has 3 aromatic rings. The number of nitro groups is 1. The molecular weight excluding hydrogens is 408 g/mol. The molecule has 0 aliphatic carbocycles. The maximum atomic E-state index is 13.3. The molecule has 10 nitrogen and oxygen atoms in total. The van der Waals surface area contributed by atoms with Gasteiger partial charge in [0.25, 0.3) is 6.43 Å². The third-order valence-electron chi connectivity index (χ3n) is 3.92. The minimum atomic E-state index is -2.92. The van der Waals surface area contributed by atoms with E-state index in [0.29, 0.717) is 11.3 Å². The number of aromatic nitrogens is 5. The van der Waals surface area contributed by atoms with Crippen molar-refractivity contribution in [2.24, 2.45) is 5.10 Å². The van der Waals surface area contributed by atoms with Crippen molar-refractivity contribution >= 4 is 23.7 Å². The van der Waals surface area contributed by atoms with Gasteiger partial charge in [0.1, 0.15) is 17.1 Å². The first-order chi connectivity index (χ1) is 13.8. The monoisotopic (exact) mass is 423 g/mol. The molecule has 0 fully saturated rings. The number of aromatic hydroxyl groups is 1. The van der Waals surface area contributed by atoms with Crippen LogP contribution in [0.4, 0.5) is 14.5 Å². The fourth-order valence-electron chi connectivity index (χ4n) is 2.52. The van der Waals surface area contributed by atoms with E-state index in [1.807, 2.05) is 0 Å². The summed E-state index contributed by atoms with van der Waals surface area (Å²) in [6.45, 7) is 3.06.